The Hall–Kier alpha value is -3.26. The van der Waals surface area contributed by atoms with Crippen LogP contribution in [0.15, 0.2) is 47.5 Å². The molecule has 0 saturated heterocycles. The van der Waals surface area contributed by atoms with E-state index in [2.05, 4.69) is 20.9 Å². The molecule has 1 amide bonds. The van der Waals surface area contributed by atoms with Crippen LogP contribution in [0.5, 0.6) is 11.5 Å². The highest BCUT2D eigenvalue weighted by atomic mass is 16.7. The van der Waals surface area contributed by atoms with Crippen LogP contribution in [-0.4, -0.2) is 64.3 Å². The van der Waals surface area contributed by atoms with E-state index in [1.54, 1.807) is 7.05 Å². The van der Waals surface area contributed by atoms with Crippen molar-refractivity contribution in [2.75, 3.05) is 47.6 Å². The molecule has 8 nitrogen and oxygen atoms in total. The standard InChI is InChI=1S/C23H31N5O3/c1-24-23(26-10-9-17-7-8-20-21(14-17)31-16-30-20)27-15-18-5-4-6-19(13-18)22(29)25-11-12-28(2)3/h4-8,13-14H,9-12,15-16H2,1-3H3,(H,25,29)(H2,24,26,27). The molecule has 0 unspecified atom stereocenters. The number of ether oxygens (including phenoxy) is 2. The van der Waals surface area contributed by atoms with Crippen molar-refractivity contribution >= 4 is 11.9 Å². The number of carbonyl (C=O) groups excluding carboxylic acids is 1. The van der Waals surface area contributed by atoms with Gasteiger partial charge in [0.05, 0.1) is 0 Å². The summed E-state index contributed by atoms with van der Waals surface area (Å²) in [7, 11) is 5.70. The molecule has 3 rings (SSSR count). The molecule has 0 bridgehead atoms. The minimum Gasteiger partial charge on any atom is -0.454 e. The Kier molecular flexibility index (Phi) is 8.12. The van der Waals surface area contributed by atoms with Gasteiger partial charge >= 0.3 is 0 Å². The van der Waals surface area contributed by atoms with Crippen LogP contribution in [0.1, 0.15) is 21.5 Å². The topological polar surface area (TPSA) is 87.2 Å². The van der Waals surface area contributed by atoms with Gasteiger partial charge in [0, 0.05) is 38.8 Å². The SMILES string of the molecule is CN=C(NCCc1ccc2c(c1)OCO2)NCc1cccc(C(=O)NCCN(C)C)c1. The molecule has 31 heavy (non-hydrogen) atoms. The van der Waals surface area contributed by atoms with Gasteiger partial charge in [0.1, 0.15) is 0 Å². The smallest absolute Gasteiger partial charge is 0.251 e. The number of guanidine groups is 1. The van der Waals surface area contributed by atoms with Gasteiger partial charge in [0.25, 0.3) is 5.91 Å². The van der Waals surface area contributed by atoms with Gasteiger partial charge in [-0.05, 0) is 55.9 Å². The summed E-state index contributed by atoms with van der Waals surface area (Å²) >= 11 is 0. The van der Waals surface area contributed by atoms with Crippen molar-refractivity contribution in [2.24, 2.45) is 4.99 Å². The number of nitrogens with zero attached hydrogens (tertiary/aromatic N) is 2. The Balaban J connectivity index is 1.44. The first-order chi connectivity index (χ1) is 15.0. The van der Waals surface area contributed by atoms with Gasteiger partial charge in [-0.2, -0.15) is 0 Å². The zero-order chi connectivity index (χ0) is 22.1. The maximum absolute atomic E-state index is 12.3. The number of aliphatic imine (C=N–C) groups is 1. The highest BCUT2D eigenvalue weighted by Crippen LogP contribution is 2.32. The summed E-state index contributed by atoms with van der Waals surface area (Å²) in [5, 5.41) is 9.55. The number of benzene rings is 2. The van der Waals surface area contributed by atoms with Crippen LogP contribution >= 0.6 is 0 Å². The average molecular weight is 426 g/mol. The van der Waals surface area contributed by atoms with E-state index >= 15 is 0 Å². The molecule has 1 aliphatic rings. The fourth-order valence-corrected chi connectivity index (χ4v) is 3.15. The van der Waals surface area contributed by atoms with E-state index in [0.29, 0.717) is 24.6 Å². The molecule has 2 aromatic rings. The van der Waals surface area contributed by atoms with Crippen molar-refractivity contribution in [1.29, 1.82) is 0 Å². The minimum atomic E-state index is -0.0602. The number of amides is 1. The van der Waals surface area contributed by atoms with E-state index in [1.807, 2.05) is 61.5 Å². The van der Waals surface area contributed by atoms with Crippen molar-refractivity contribution in [3.63, 3.8) is 0 Å². The van der Waals surface area contributed by atoms with Gasteiger partial charge < -0.3 is 30.3 Å². The molecule has 8 heteroatoms. The van der Waals surface area contributed by atoms with Crippen molar-refractivity contribution in [3.8, 4) is 11.5 Å². The molecule has 166 valence electrons. The van der Waals surface area contributed by atoms with Crippen LogP contribution in [0.3, 0.4) is 0 Å². The second-order valence-electron chi connectivity index (χ2n) is 7.55. The number of rotatable bonds is 9. The van der Waals surface area contributed by atoms with E-state index < -0.39 is 0 Å². The predicted molar refractivity (Wildman–Crippen MR) is 122 cm³/mol. The molecular formula is C23H31N5O3. The summed E-state index contributed by atoms with van der Waals surface area (Å²) in [5.74, 6) is 2.24. The Morgan fingerprint density at radius 3 is 2.65 bits per heavy atom. The highest BCUT2D eigenvalue weighted by molar-refractivity contribution is 5.94. The van der Waals surface area contributed by atoms with Crippen LogP contribution in [0.25, 0.3) is 0 Å². The van der Waals surface area contributed by atoms with Crippen LogP contribution in [0.4, 0.5) is 0 Å². The Labute approximate surface area is 183 Å². The van der Waals surface area contributed by atoms with E-state index in [-0.39, 0.29) is 12.7 Å². The van der Waals surface area contributed by atoms with Crippen molar-refractivity contribution in [2.45, 2.75) is 13.0 Å². The maximum atomic E-state index is 12.3. The summed E-state index contributed by atoms with van der Waals surface area (Å²) in [6, 6.07) is 13.6. The molecule has 0 spiro atoms. The lowest BCUT2D eigenvalue weighted by Crippen LogP contribution is -2.38. The third-order valence-corrected chi connectivity index (χ3v) is 4.86. The Morgan fingerprint density at radius 2 is 1.84 bits per heavy atom. The molecule has 3 N–H and O–H groups in total. The van der Waals surface area contributed by atoms with Crippen LogP contribution < -0.4 is 25.4 Å². The molecule has 1 aliphatic heterocycles. The Morgan fingerprint density at radius 1 is 1.00 bits per heavy atom. The van der Waals surface area contributed by atoms with E-state index in [0.717, 1.165) is 36.6 Å². The first-order valence-electron chi connectivity index (χ1n) is 10.4. The molecule has 0 radical (unpaired) electrons. The molecule has 0 fully saturated rings. The van der Waals surface area contributed by atoms with Crippen molar-refractivity contribution in [1.82, 2.24) is 20.9 Å². The summed E-state index contributed by atoms with van der Waals surface area (Å²) in [4.78, 5) is 18.6. The van der Waals surface area contributed by atoms with Crippen LogP contribution in [0.2, 0.25) is 0 Å². The van der Waals surface area contributed by atoms with E-state index in [9.17, 15) is 4.79 Å². The minimum absolute atomic E-state index is 0.0602. The second-order valence-corrected chi connectivity index (χ2v) is 7.55. The monoisotopic (exact) mass is 425 g/mol. The lowest BCUT2D eigenvalue weighted by atomic mass is 10.1. The first kappa shape index (κ1) is 22.4. The quantitative estimate of drug-likeness (QED) is 0.418. The van der Waals surface area contributed by atoms with Gasteiger partial charge in [-0.25, -0.2) is 0 Å². The van der Waals surface area contributed by atoms with Crippen LogP contribution in [0, 0.1) is 0 Å². The Bertz CT molecular complexity index is 914. The molecule has 0 atom stereocenters. The van der Waals surface area contributed by atoms with Gasteiger partial charge in [-0.3, -0.25) is 9.79 Å². The lowest BCUT2D eigenvalue weighted by Gasteiger charge is -2.13. The van der Waals surface area contributed by atoms with Crippen molar-refractivity contribution in [3.05, 3.63) is 59.2 Å². The third-order valence-electron chi connectivity index (χ3n) is 4.86. The number of fused-ring (bicyclic) bond motifs is 1. The number of hydrogen-bond donors (Lipinski definition) is 3. The summed E-state index contributed by atoms with van der Waals surface area (Å²) in [6.45, 7) is 3.01. The zero-order valence-electron chi connectivity index (χ0n) is 18.4. The van der Waals surface area contributed by atoms with Gasteiger partial charge in [-0.15, -0.1) is 0 Å². The normalized spacial score (nSPS) is 12.7. The fraction of sp³-hybridized carbons (Fsp3) is 0.391. The van der Waals surface area contributed by atoms with Crippen LogP contribution in [-0.2, 0) is 13.0 Å². The number of nitrogens with one attached hydrogen (secondary N) is 3. The largest absolute Gasteiger partial charge is 0.454 e. The lowest BCUT2D eigenvalue weighted by molar-refractivity contribution is 0.0951. The zero-order valence-corrected chi connectivity index (χ0v) is 18.4. The van der Waals surface area contributed by atoms with Crippen molar-refractivity contribution < 1.29 is 14.3 Å². The number of hydrogen-bond acceptors (Lipinski definition) is 5. The van der Waals surface area contributed by atoms with Gasteiger partial charge in [0.15, 0.2) is 17.5 Å². The molecule has 1 heterocycles. The molecular weight excluding hydrogens is 394 g/mol. The molecule has 2 aromatic carbocycles. The summed E-state index contributed by atoms with van der Waals surface area (Å²) < 4.78 is 10.8. The number of carbonyl (C=O) groups is 1. The fourth-order valence-electron chi connectivity index (χ4n) is 3.15. The molecule has 0 aliphatic carbocycles. The third kappa shape index (κ3) is 6.89. The first-order valence-corrected chi connectivity index (χ1v) is 10.4. The predicted octanol–water partition coefficient (Wildman–Crippen LogP) is 1.61. The molecule has 0 aromatic heterocycles. The van der Waals surface area contributed by atoms with E-state index in [1.165, 1.54) is 5.56 Å². The summed E-state index contributed by atoms with van der Waals surface area (Å²) in [5.41, 5.74) is 2.84. The number of likely N-dealkylation sites (N-methyl/N-ethyl adjacent to an activating group) is 1. The highest BCUT2D eigenvalue weighted by Gasteiger charge is 2.13. The molecule has 0 saturated carbocycles. The average Bonchev–Trinajstić information content (AvgIpc) is 3.24. The maximum Gasteiger partial charge on any atom is 0.251 e. The van der Waals surface area contributed by atoms with Gasteiger partial charge in [-0.1, -0.05) is 18.2 Å². The summed E-state index contributed by atoms with van der Waals surface area (Å²) in [6.07, 6.45) is 0.833. The van der Waals surface area contributed by atoms with Gasteiger partial charge in [0.2, 0.25) is 6.79 Å². The van der Waals surface area contributed by atoms with E-state index in [4.69, 9.17) is 9.47 Å². The second kappa shape index (κ2) is 11.2.